The second-order valence-electron chi connectivity index (χ2n) is 8.20. The third-order valence-electron chi connectivity index (χ3n) is 5.89. The molecule has 0 saturated carbocycles. The first-order chi connectivity index (χ1) is 16.9. The topological polar surface area (TPSA) is 71.5 Å². The lowest BCUT2D eigenvalue weighted by Crippen LogP contribution is -2.29. The summed E-state index contributed by atoms with van der Waals surface area (Å²) in [5.41, 5.74) is 3.83. The Hall–Kier alpha value is -3.97. The lowest BCUT2D eigenvalue weighted by Gasteiger charge is -2.25. The van der Waals surface area contributed by atoms with Gasteiger partial charge in [-0.15, -0.1) is 11.3 Å². The molecule has 0 aliphatic rings. The van der Waals surface area contributed by atoms with Gasteiger partial charge in [0.1, 0.15) is 15.6 Å². The molecule has 0 aliphatic heterocycles. The van der Waals surface area contributed by atoms with Gasteiger partial charge in [-0.3, -0.25) is 9.59 Å². The number of nitrogens with one attached hydrogen (secondary N) is 1. The van der Waals surface area contributed by atoms with Crippen LogP contribution in [-0.4, -0.2) is 35.9 Å². The van der Waals surface area contributed by atoms with Crippen LogP contribution in [0.3, 0.4) is 0 Å². The van der Waals surface area contributed by atoms with Gasteiger partial charge in [0.05, 0.1) is 18.8 Å². The number of carbonyl (C=O) groups excluding carboxylic acids is 2. The minimum Gasteiger partial charge on any atom is -0.497 e. The van der Waals surface area contributed by atoms with Crippen molar-refractivity contribution in [3.63, 3.8) is 0 Å². The van der Waals surface area contributed by atoms with E-state index in [4.69, 9.17) is 4.74 Å². The van der Waals surface area contributed by atoms with Gasteiger partial charge in [-0.2, -0.15) is 0 Å². The fourth-order valence-corrected chi connectivity index (χ4v) is 4.74. The zero-order valence-electron chi connectivity index (χ0n) is 20.1. The quantitative estimate of drug-likeness (QED) is 0.338. The standard InChI is InChI=1S/C28H27N3O3S/c1-18-25(35-27(29-18)21-13-15-24(34-4)16-14-21)28(33)31(3)19(2)22-11-8-12-23(17-22)30-26(32)20-9-6-5-7-10-20/h5-17,19H,1-4H3,(H,30,32). The third-order valence-corrected chi connectivity index (χ3v) is 7.09. The summed E-state index contributed by atoms with van der Waals surface area (Å²) >= 11 is 1.38. The maximum Gasteiger partial charge on any atom is 0.266 e. The zero-order chi connectivity index (χ0) is 24.9. The molecule has 0 radical (unpaired) electrons. The summed E-state index contributed by atoms with van der Waals surface area (Å²) in [7, 11) is 3.41. The smallest absolute Gasteiger partial charge is 0.266 e. The van der Waals surface area contributed by atoms with Crippen molar-refractivity contribution < 1.29 is 14.3 Å². The van der Waals surface area contributed by atoms with E-state index in [0.717, 1.165) is 21.9 Å². The number of carbonyl (C=O) groups is 2. The number of hydrogen-bond donors (Lipinski definition) is 1. The van der Waals surface area contributed by atoms with Gasteiger partial charge in [-0.25, -0.2) is 4.98 Å². The van der Waals surface area contributed by atoms with Crippen LogP contribution in [0.4, 0.5) is 5.69 Å². The molecule has 0 saturated heterocycles. The second kappa shape index (κ2) is 10.5. The number of methoxy groups -OCH3 is 1. The summed E-state index contributed by atoms with van der Waals surface area (Å²) in [6, 6.07) is 24.1. The Morgan fingerprint density at radius 2 is 1.71 bits per heavy atom. The normalized spacial score (nSPS) is 11.5. The molecule has 1 aromatic heterocycles. The number of thiazole rings is 1. The van der Waals surface area contributed by atoms with Gasteiger partial charge in [-0.1, -0.05) is 30.3 Å². The Kier molecular flexibility index (Phi) is 7.27. The predicted molar refractivity (Wildman–Crippen MR) is 140 cm³/mol. The van der Waals surface area contributed by atoms with Crippen molar-refractivity contribution in [1.82, 2.24) is 9.88 Å². The van der Waals surface area contributed by atoms with Crippen LogP contribution in [0.2, 0.25) is 0 Å². The Morgan fingerprint density at radius 1 is 1.00 bits per heavy atom. The maximum absolute atomic E-state index is 13.4. The summed E-state index contributed by atoms with van der Waals surface area (Å²) in [6.45, 7) is 3.83. The highest BCUT2D eigenvalue weighted by molar-refractivity contribution is 7.17. The van der Waals surface area contributed by atoms with Crippen molar-refractivity contribution in [3.05, 3.63) is 101 Å². The van der Waals surface area contributed by atoms with Gasteiger partial charge < -0.3 is 15.0 Å². The van der Waals surface area contributed by atoms with Crippen molar-refractivity contribution in [2.75, 3.05) is 19.5 Å². The van der Waals surface area contributed by atoms with Crippen LogP contribution in [-0.2, 0) is 0 Å². The number of benzene rings is 3. The van der Waals surface area contributed by atoms with Gasteiger partial charge in [0.2, 0.25) is 0 Å². The first kappa shape index (κ1) is 24.2. The third kappa shape index (κ3) is 5.41. The molecule has 6 nitrogen and oxygen atoms in total. The monoisotopic (exact) mass is 485 g/mol. The largest absolute Gasteiger partial charge is 0.497 e. The van der Waals surface area contributed by atoms with E-state index >= 15 is 0 Å². The average molecular weight is 486 g/mol. The van der Waals surface area contributed by atoms with Crippen molar-refractivity contribution >= 4 is 28.8 Å². The summed E-state index contributed by atoms with van der Waals surface area (Å²) in [6.07, 6.45) is 0. The van der Waals surface area contributed by atoms with E-state index in [1.165, 1.54) is 11.3 Å². The van der Waals surface area contributed by atoms with E-state index in [-0.39, 0.29) is 17.9 Å². The molecule has 0 aliphatic carbocycles. The molecule has 3 aromatic carbocycles. The minimum absolute atomic E-state index is 0.0917. The minimum atomic E-state index is -0.206. The molecule has 0 spiro atoms. The SMILES string of the molecule is COc1ccc(-c2nc(C)c(C(=O)N(C)C(C)c3cccc(NC(=O)c4ccccc4)c3)s2)cc1. The van der Waals surface area contributed by atoms with Crippen molar-refractivity contribution in [2.45, 2.75) is 19.9 Å². The first-order valence-corrected chi connectivity index (χ1v) is 12.0. The van der Waals surface area contributed by atoms with Crippen LogP contribution in [0.5, 0.6) is 5.75 Å². The Labute approximate surface area is 209 Å². The highest BCUT2D eigenvalue weighted by atomic mass is 32.1. The molecule has 7 heteroatoms. The number of anilines is 1. The highest BCUT2D eigenvalue weighted by Crippen LogP contribution is 2.32. The Balaban J connectivity index is 1.50. The molecule has 0 fully saturated rings. The van der Waals surface area contributed by atoms with Crippen LogP contribution in [0.1, 0.15) is 44.3 Å². The fraction of sp³-hybridized carbons (Fsp3) is 0.179. The van der Waals surface area contributed by atoms with Crippen molar-refractivity contribution in [3.8, 4) is 16.3 Å². The van der Waals surface area contributed by atoms with Gasteiger partial charge in [0, 0.05) is 23.9 Å². The lowest BCUT2D eigenvalue weighted by molar-refractivity contribution is 0.0746. The maximum atomic E-state index is 13.4. The van der Waals surface area contributed by atoms with Gasteiger partial charge in [0.15, 0.2) is 0 Å². The molecule has 1 unspecified atom stereocenters. The summed E-state index contributed by atoms with van der Waals surface area (Å²) in [4.78, 5) is 32.9. The number of ether oxygens (including phenoxy) is 1. The zero-order valence-corrected chi connectivity index (χ0v) is 20.9. The number of aryl methyl sites for hydroxylation is 1. The molecule has 0 bridgehead atoms. The number of rotatable bonds is 7. The Bertz CT molecular complexity index is 1330. The first-order valence-electron chi connectivity index (χ1n) is 11.2. The second-order valence-corrected chi connectivity index (χ2v) is 9.20. The fourth-order valence-electron chi connectivity index (χ4n) is 3.68. The molecule has 35 heavy (non-hydrogen) atoms. The van der Waals surface area contributed by atoms with E-state index in [2.05, 4.69) is 10.3 Å². The highest BCUT2D eigenvalue weighted by Gasteiger charge is 2.24. The van der Waals surface area contributed by atoms with E-state index in [0.29, 0.717) is 21.8 Å². The number of aromatic nitrogens is 1. The van der Waals surface area contributed by atoms with Gasteiger partial charge >= 0.3 is 0 Å². The Morgan fingerprint density at radius 3 is 2.40 bits per heavy atom. The van der Waals surface area contributed by atoms with Crippen molar-refractivity contribution in [2.24, 2.45) is 0 Å². The average Bonchev–Trinajstić information content (AvgIpc) is 3.29. The molecular weight excluding hydrogens is 458 g/mol. The lowest BCUT2D eigenvalue weighted by atomic mass is 10.1. The van der Waals surface area contributed by atoms with E-state index < -0.39 is 0 Å². The van der Waals surface area contributed by atoms with Gasteiger partial charge in [0.25, 0.3) is 11.8 Å². The van der Waals surface area contributed by atoms with Crippen molar-refractivity contribution in [1.29, 1.82) is 0 Å². The van der Waals surface area contributed by atoms with Crippen LogP contribution >= 0.6 is 11.3 Å². The summed E-state index contributed by atoms with van der Waals surface area (Å²) in [5, 5.41) is 3.72. The number of amides is 2. The molecule has 4 aromatic rings. The summed E-state index contributed by atoms with van der Waals surface area (Å²) in [5.74, 6) is 0.506. The molecule has 1 N–H and O–H groups in total. The molecule has 2 amide bonds. The van der Waals surface area contributed by atoms with Crippen LogP contribution < -0.4 is 10.1 Å². The van der Waals surface area contributed by atoms with Gasteiger partial charge in [-0.05, 0) is 67.9 Å². The molecule has 1 atom stereocenters. The van der Waals surface area contributed by atoms with Crippen LogP contribution in [0.15, 0.2) is 78.9 Å². The van der Waals surface area contributed by atoms with Crippen LogP contribution in [0.25, 0.3) is 10.6 Å². The molecular formula is C28H27N3O3S. The molecule has 178 valence electrons. The molecule has 4 rings (SSSR count). The number of nitrogens with zero attached hydrogens (tertiary/aromatic N) is 2. The predicted octanol–water partition coefficient (Wildman–Crippen LogP) is 6.21. The van der Waals surface area contributed by atoms with E-state index in [9.17, 15) is 9.59 Å². The number of hydrogen-bond acceptors (Lipinski definition) is 5. The summed E-state index contributed by atoms with van der Waals surface area (Å²) < 4.78 is 5.22. The van der Waals surface area contributed by atoms with E-state index in [1.54, 1.807) is 31.2 Å². The van der Waals surface area contributed by atoms with E-state index in [1.807, 2.05) is 80.6 Å². The molecule has 1 heterocycles. The van der Waals surface area contributed by atoms with Crippen LogP contribution in [0, 0.1) is 6.92 Å².